The summed E-state index contributed by atoms with van der Waals surface area (Å²) in [6.45, 7) is 0. The number of rotatable bonds is 3. The van der Waals surface area contributed by atoms with Crippen LogP contribution in [0.15, 0.2) is 72.8 Å². The molecular formula is C18H15FN2. The minimum atomic E-state index is -0.359. The first kappa shape index (κ1) is 13.2. The van der Waals surface area contributed by atoms with Crippen LogP contribution in [0.3, 0.4) is 0 Å². The number of nitrogens with two attached hydrogens (primary N) is 1. The Bertz CT molecular complexity index is 737. The van der Waals surface area contributed by atoms with E-state index in [2.05, 4.69) is 17.4 Å². The fourth-order valence-corrected chi connectivity index (χ4v) is 2.16. The van der Waals surface area contributed by atoms with Crippen LogP contribution in [0.1, 0.15) is 0 Å². The van der Waals surface area contributed by atoms with Crippen LogP contribution in [-0.2, 0) is 0 Å². The number of nitrogen functional groups attached to an aromatic ring is 1. The van der Waals surface area contributed by atoms with Crippen molar-refractivity contribution in [1.82, 2.24) is 0 Å². The van der Waals surface area contributed by atoms with Gasteiger partial charge in [-0.3, -0.25) is 0 Å². The molecular weight excluding hydrogens is 263 g/mol. The molecule has 0 bridgehead atoms. The second-order valence-corrected chi connectivity index (χ2v) is 4.81. The largest absolute Gasteiger partial charge is 0.399 e. The molecule has 0 saturated heterocycles. The van der Waals surface area contributed by atoms with E-state index >= 15 is 0 Å². The quantitative estimate of drug-likeness (QED) is 0.674. The summed E-state index contributed by atoms with van der Waals surface area (Å²) in [6, 6.07) is 22.6. The van der Waals surface area contributed by atoms with Gasteiger partial charge in [-0.2, -0.15) is 0 Å². The van der Waals surface area contributed by atoms with Crippen LogP contribution in [0.25, 0.3) is 11.1 Å². The zero-order valence-electron chi connectivity index (χ0n) is 11.4. The third kappa shape index (κ3) is 3.03. The lowest BCUT2D eigenvalue weighted by Crippen LogP contribution is -1.95. The van der Waals surface area contributed by atoms with E-state index in [4.69, 9.17) is 5.73 Å². The predicted molar refractivity (Wildman–Crippen MR) is 86.0 cm³/mol. The van der Waals surface area contributed by atoms with Crippen molar-refractivity contribution in [3.05, 3.63) is 78.6 Å². The Balaban J connectivity index is 1.81. The summed E-state index contributed by atoms with van der Waals surface area (Å²) in [6.07, 6.45) is 0. The molecule has 0 aliphatic heterocycles. The molecule has 0 aliphatic rings. The van der Waals surface area contributed by atoms with Gasteiger partial charge in [0.05, 0.1) is 5.69 Å². The molecule has 2 nitrogen and oxygen atoms in total. The van der Waals surface area contributed by atoms with Crippen molar-refractivity contribution in [2.45, 2.75) is 0 Å². The summed E-state index contributed by atoms with van der Waals surface area (Å²) in [4.78, 5) is 0. The van der Waals surface area contributed by atoms with E-state index in [-0.39, 0.29) is 5.82 Å². The van der Waals surface area contributed by atoms with Gasteiger partial charge in [0, 0.05) is 11.4 Å². The van der Waals surface area contributed by atoms with Crippen LogP contribution in [0, 0.1) is 5.82 Å². The van der Waals surface area contributed by atoms with E-state index in [0.717, 1.165) is 16.8 Å². The van der Waals surface area contributed by atoms with Gasteiger partial charge in [-0.1, -0.05) is 42.5 Å². The average Bonchev–Trinajstić information content (AvgIpc) is 2.52. The predicted octanol–water partition coefficient (Wildman–Crippen LogP) is 4.82. The van der Waals surface area contributed by atoms with Crippen molar-refractivity contribution in [1.29, 1.82) is 0 Å². The number of hydrogen-bond donors (Lipinski definition) is 2. The Morgan fingerprint density at radius 2 is 1.43 bits per heavy atom. The molecule has 0 fully saturated rings. The summed E-state index contributed by atoms with van der Waals surface area (Å²) < 4.78 is 13.7. The van der Waals surface area contributed by atoms with E-state index in [9.17, 15) is 4.39 Å². The topological polar surface area (TPSA) is 38.0 Å². The Morgan fingerprint density at radius 1 is 0.762 bits per heavy atom. The van der Waals surface area contributed by atoms with Gasteiger partial charge in [0.15, 0.2) is 0 Å². The Kier molecular flexibility index (Phi) is 3.56. The van der Waals surface area contributed by atoms with Gasteiger partial charge in [0.2, 0.25) is 0 Å². The van der Waals surface area contributed by atoms with Gasteiger partial charge in [-0.25, -0.2) is 4.39 Å². The summed E-state index contributed by atoms with van der Waals surface area (Å²) in [5.41, 5.74) is 9.48. The molecule has 3 aromatic rings. The number of hydrogen-bond acceptors (Lipinski definition) is 2. The molecule has 0 spiro atoms. The number of nitrogens with one attached hydrogen (secondary N) is 1. The third-order valence-corrected chi connectivity index (χ3v) is 3.26. The number of anilines is 3. The number of benzene rings is 3. The van der Waals surface area contributed by atoms with Gasteiger partial charge in [-0.05, 0) is 41.5 Å². The van der Waals surface area contributed by atoms with Crippen LogP contribution in [0.4, 0.5) is 21.5 Å². The van der Waals surface area contributed by atoms with E-state index < -0.39 is 0 Å². The molecule has 0 amide bonds. The first-order chi connectivity index (χ1) is 10.2. The Morgan fingerprint density at radius 3 is 2.10 bits per heavy atom. The van der Waals surface area contributed by atoms with Crippen molar-refractivity contribution < 1.29 is 4.39 Å². The van der Waals surface area contributed by atoms with E-state index in [1.165, 1.54) is 6.07 Å². The molecule has 3 N–H and O–H groups in total. The highest BCUT2D eigenvalue weighted by molar-refractivity contribution is 5.69. The molecule has 0 aliphatic carbocycles. The lowest BCUT2D eigenvalue weighted by molar-refractivity contribution is 0.632. The van der Waals surface area contributed by atoms with Crippen molar-refractivity contribution in [3.63, 3.8) is 0 Å². The minimum absolute atomic E-state index is 0.359. The summed E-state index contributed by atoms with van der Waals surface area (Å²) in [7, 11) is 0. The third-order valence-electron chi connectivity index (χ3n) is 3.26. The lowest BCUT2D eigenvalue weighted by atomic mass is 10.1. The van der Waals surface area contributed by atoms with Gasteiger partial charge < -0.3 is 11.1 Å². The normalized spacial score (nSPS) is 10.3. The lowest BCUT2D eigenvalue weighted by Gasteiger charge is -2.09. The smallest absolute Gasteiger partial charge is 0.148 e. The molecule has 0 saturated carbocycles. The molecule has 21 heavy (non-hydrogen) atoms. The maximum Gasteiger partial charge on any atom is 0.148 e. The molecule has 0 radical (unpaired) electrons. The fourth-order valence-electron chi connectivity index (χ4n) is 2.16. The van der Waals surface area contributed by atoms with Crippen molar-refractivity contribution >= 4 is 17.1 Å². The molecule has 0 unspecified atom stereocenters. The van der Waals surface area contributed by atoms with Crippen LogP contribution >= 0.6 is 0 Å². The van der Waals surface area contributed by atoms with Crippen molar-refractivity contribution in [2.75, 3.05) is 11.1 Å². The van der Waals surface area contributed by atoms with E-state index in [0.29, 0.717) is 11.4 Å². The second kappa shape index (κ2) is 5.67. The van der Waals surface area contributed by atoms with E-state index in [1.54, 1.807) is 12.1 Å². The highest BCUT2D eigenvalue weighted by atomic mass is 19.1. The molecule has 0 aromatic heterocycles. The summed E-state index contributed by atoms with van der Waals surface area (Å²) in [5.74, 6) is -0.359. The van der Waals surface area contributed by atoms with Crippen LogP contribution in [-0.4, -0.2) is 0 Å². The SMILES string of the molecule is Nc1ccc(Nc2ccc(-c3ccccc3)cc2)c(F)c1. The van der Waals surface area contributed by atoms with Crippen molar-refractivity contribution in [3.8, 4) is 11.1 Å². The molecule has 0 heterocycles. The highest BCUT2D eigenvalue weighted by Crippen LogP contribution is 2.25. The average molecular weight is 278 g/mol. The van der Waals surface area contributed by atoms with E-state index in [1.807, 2.05) is 42.5 Å². The Labute approximate surface area is 123 Å². The minimum Gasteiger partial charge on any atom is -0.399 e. The maximum atomic E-state index is 13.7. The molecule has 104 valence electrons. The first-order valence-corrected chi connectivity index (χ1v) is 6.70. The standard InChI is InChI=1S/C18H15FN2/c19-17-12-15(20)8-11-18(17)21-16-9-6-14(7-10-16)13-4-2-1-3-5-13/h1-12,21H,20H2. The zero-order chi connectivity index (χ0) is 14.7. The van der Waals surface area contributed by atoms with Gasteiger partial charge in [0.1, 0.15) is 5.82 Å². The Hall–Kier alpha value is -2.81. The molecule has 3 rings (SSSR count). The van der Waals surface area contributed by atoms with Crippen LogP contribution in [0.2, 0.25) is 0 Å². The zero-order valence-corrected chi connectivity index (χ0v) is 11.4. The molecule has 3 aromatic carbocycles. The fraction of sp³-hybridized carbons (Fsp3) is 0. The molecule has 0 atom stereocenters. The molecule has 3 heteroatoms. The van der Waals surface area contributed by atoms with Crippen LogP contribution in [0.5, 0.6) is 0 Å². The maximum absolute atomic E-state index is 13.7. The number of halogens is 1. The van der Waals surface area contributed by atoms with Crippen LogP contribution < -0.4 is 11.1 Å². The van der Waals surface area contributed by atoms with Gasteiger partial charge in [-0.15, -0.1) is 0 Å². The summed E-state index contributed by atoms with van der Waals surface area (Å²) >= 11 is 0. The first-order valence-electron chi connectivity index (χ1n) is 6.70. The second-order valence-electron chi connectivity index (χ2n) is 4.81. The van der Waals surface area contributed by atoms with Gasteiger partial charge in [0.25, 0.3) is 0 Å². The van der Waals surface area contributed by atoms with Gasteiger partial charge >= 0.3 is 0 Å². The van der Waals surface area contributed by atoms with Crippen molar-refractivity contribution in [2.24, 2.45) is 0 Å². The highest BCUT2D eigenvalue weighted by Gasteiger charge is 2.03. The summed E-state index contributed by atoms with van der Waals surface area (Å²) in [5, 5.41) is 3.05. The monoisotopic (exact) mass is 278 g/mol.